The summed E-state index contributed by atoms with van der Waals surface area (Å²) in [6.45, 7) is 1.24. The lowest BCUT2D eigenvalue weighted by atomic mass is 10.0. The Morgan fingerprint density at radius 2 is 1.62 bits per heavy atom. The van der Waals surface area contributed by atoms with E-state index >= 15 is 0 Å². The van der Waals surface area contributed by atoms with Gasteiger partial charge < -0.3 is 38.7 Å². The van der Waals surface area contributed by atoms with Gasteiger partial charge in [-0.2, -0.15) is 0 Å². The zero-order valence-electron chi connectivity index (χ0n) is 19.1. The first-order valence-electron chi connectivity index (χ1n) is 9.92. The molecule has 0 amide bonds. The molecule has 0 spiro atoms. The Hall–Kier alpha value is -3.59. The number of anilines is 1. The van der Waals surface area contributed by atoms with Crippen LogP contribution in [0.4, 0.5) is 5.88 Å². The molecule has 0 saturated carbocycles. The zero-order chi connectivity index (χ0) is 23.4. The third-order valence-corrected chi connectivity index (χ3v) is 5.01. The van der Waals surface area contributed by atoms with Crippen LogP contribution in [0.15, 0.2) is 28.7 Å². The molecule has 9 nitrogen and oxygen atoms in total. The number of nitrogens with zero attached hydrogens (tertiary/aromatic N) is 1. The van der Waals surface area contributed by atoms with Crippen LogP contribution in [0.1, 0.15) is 15.9 Å². The highest BCUT2D eigenvalue weighted by molar-refractivity contribution is 6.20. The molecule has 0 atom stereocenters. The summed E-state index contributed by atoms with van der Waals surface area (Å²) in [6.07, 6.45) is 0. The van der Waals surface area contributed by atoms with E-state index in [0.29, 0.717) is 41.3 Å². The molecule has 0 radical (unpaired) electrons. The first-order valence-corrected chi connectivity index (χ1v) is 9.92. The Morgan fingerprint density at radius 3 is 2.16 bits per heavy atom. The fraction of sp³-hybridized carbons (Fsp3) is 0.348. The Bertz CT molecular complexity index is 1100. The normalized spacial score (nSPS) is 11.0. The van der Waals surface area contributed by atoms with Gasteiger partial charge in [0.2, 0.25) is 17.4 Å². The largest absolute Gasteiger partial charge is 0.502 e. The lowest BCUT2D eigenvalue weighted by Crippen LogP contribution is -2.21. The number of ether oxygens (including phenoxy) is 4. The molecule has 0 aliphatic heterocycles. The van der Waals surface area contributed by atoms with Gasteiger partial charge in [0.15, 0.2) is 28.6 Å². The van der Waals surface area contributed by atoms with Crippen LogP contribution in [0.25, 0.3) is 11.0 Å². The van der Waals surface area contributed by atoms with Crippen molar-refractivity contribution in [3.05, 3.63) is 35.4 Å². The molecule has 0 bridgehead atoms. The van der Waals surface area contributed by atoms with Crippen LogP contribution in [0.5, 0.6) is 28.7 Å². The molecule has 1 aromatic heterocycles. The molecule has 3 rings (SSSR count). The standard InChI is InChI=1S/C23H28N2O7/c1-25(2)10-9-24-23-18(14-7-8-15(28-3)20(27)21(14)32-23)19(26)13-11-16(29-4)22(31-6)17(12-13)30-5/h7-8,11-12,24,27H,9-10H2,1-6H3. The highest BCUT2D eigenvalue weighted by atomic mass is 16.5. The van der Waals surface area contributed by atoms with Crippen molar-refractivity contribution in [2.75, 3.05) is 60.9 Å². The summed E-state index contributed by atoms with van der Waals surface area (Å²) in [5.41, 5.74) is 0.756. The molecule has 32 heavy (non-hydrogen) atoms. The van der Waals surface area contributed by atoms with Gasteiger partial charge in [0.1, 0.15) is 0 Å². The summed E-state index contributed by atoms with van der Waals surface area (Å²) >= 11 is 0. The van der Waals surface area contributed by atoms with Crippen molar-refractivity contribution in [2.24, 2.45) is 0 Å². The van der Waals surface area contributed by atoms with Gasteiger partial charge in [0.25, 0.3) is 0 Å². The average molecular weight is 444 g/mol. The zero-order valence-corrected chi connectivity index (χ0v) is 19.1. The quantitative estimate of drug-likeness (QED) is 0.456. The number of fused-ring (bicyclic) bond motifs is 1. The number of carbonyl (C=O) groups excluding carboxylic acids is 1. The van der Waals surface area contributed by atoms with Gasteiger partial charge in [-0.05, 0) is 38.4 Å². The van der Waals surface area contributed by atoms with E-state index in [9.17, 15) is 9.90 Å². The first-order chi connectivity index (χ1) is 15.4. The highest BCUT2D eigenvalue weighted by Gasteiger charge is 2.27. The van der Waals surface area contributed by atoms with Crippen LogP contribution in [-0.4, -0.2) is 71.4 Å². The Morgan fingerprint density at radius 1 is 1.00 bits per heavy atom. The molecule has 172 valence electrons. The summed E-state index contributed by atoms with van der Waals surface area (Å²) in [5.74, 6) is 1.09. The van der Waals surface area contributed by atoms with Crippen LogP contribution in [0.3, 0.4) is 0 Å². The molecule has 0 fully saturated rings. The van der Waals surface area contributed by atoms with E-state index in [4.69, 9.17) is 23.4 Å². The van der Waals surface area contributed by atoms with Gasteiger partial charge in [-0.1, -0.05) is 0 Å². The second-order valence-electron chi connectivity index (χ2n) is 7.27. The van der Waals surface area contributed by atoms with E-state index < -0.39 is 0 Å². The van der Waals surface area contributed by atoms with Gasteiger partial charge in [0.05, 0.1) is 34.0 Å². The number of phenolic OH excluding ortho intramolecular Hbond substituents is 1. The summed E-state index contributed by atoms with van der Waals surface area (Å²) < 4.78 is 27.2. The summed E-state index contributed by atoms with van der Waals surface area (Å²) in [7, 11) is 9.79. The van der Waals surface area contributed by atoms with Crippen molar-refractivity contribution >= 4 is 22.6 Å². The number of carbonyl (C=O) groups is 1. The highest BCUT2D eigenvalue weighted by Crippen LogP contribution is 2.43. The lowest BCUT2D eigenvalue weighted by Gasteiger charge is -2.14. The van der Waals surface area contributed by atoms with Crippen molar-refractivity contribution in [3.63, 3.8) is 0 Å². The van der Waals surface area contributed by atoms with Crippen LogP contribution in [0.2, 0.25) is 0 Å². The topological polar surface area (TPSA) is 103 Å². The predicted octanol–water partition coefficient (Wildman–Crippen LogP) is 3.38. The molecule has 1 heterocycles. The van der Waals surface area contributed by atoms with Crippen molar-refractivity contribution in [1.29, 1.82) is 0 Å². The third kappa shape index (κ3) is 4.24. The lowest BCUT2D eigenvalue weighted by molar-refractivity contribution is 0.103. The fourth-order valence-corrected chi connectivity index (χ4v) is 3.39. The Kier molecular flexibility index (Phi) is 6.99. The van der Waals surface area contributed by atoms with Gasteiger partial charge in [0, 0.05) is 24.0 Å². The number of hydrogen-bond donors (Lipinski definition) is 2. The number of likely N-dealkylation sites (N-methyl/N-ethyl adjacent to an activating group) is 1. The average Bonchev–Trinajstić information content (AvgIpc) is 3.16. The Balaban J connectivity index is 2.17. The van der Waals surface area contributed by atoms with E-state index in [1.807, 2.05) is 19.0 Å². The number of furan rings is 1. The van der Waals surface area contributed by atoms with Gasteiger partial charge in [-0.25, -0.2) is 0 Å². The maximum absolute atomic E-state index is 13.7. The molecule has 0 unspecified atom stereocenters. The Labute approximate surface area is 186 Å². The molecule has 9 heteroatoms. The maximum atomic E-state index is 13.7. The second-order valence-corrected chi connectivity index (χ2v) is 7.27. The number of phenols is 1. The number of methoxy groups -OCH3 is 4. The molecule has 0 aliphatic carbocycles. The summed E-state index contributed by atoms with van der Waals surface area (Å²) in [4.78, 5) is 15.7. The van der Waals surface area contributed by atoms with Crippen LogP contribution in [-0.2, 0) is 0 Å². The SMILES string of the molecule is COc1cc(C(=O)c2c(NCCN(C)C)oc3c(O)c(OC)ccc23)cc(OC)c1OC. The molecular weight excluding hydrogens is 416 g/mol. The van der Waals surface area contributed by atoms with Gasteiger partial charge in [-0.3, -0.25) is 4.79 Å². The van der Waals surface area contributed by atoms with Crippen LogP contribution < -0.4 is 24.3 Å². The van der Waals surface area contributed by atoms with Crippen molar-refractivity contribution < 1.29 is 33.3 Å². The van der Waals surface area contributed by atoms with Gasteiger partial charge >= 0.3 is 0 Å². The molecule has 2 aromatic carbocycles. The van der Waals surface area contributed by atoms with E-state index in [1.165, 1.54) is 28.4 Å². The van der Waals surface area contributed by atoms with Gasteiger partial charge in [-0.15, -0.1) is 0 Å². The van der Waals surface area contributed by atoms with E-state index in [-0.39, 0.29) is 34.3 Å². The number of aromatic hydroxyl groups is 1. The number of ketones is 1. The molecular formula is C23H28N2O7. The third-order valence-electron chi connectivity index (χ3n) is 5.01. The number of benzene rings is 2. The summed E-state index contributed by atoms with van der Waals surface area (Å²) in [5, 5.41) is 14.2. The second kappa shape index (κ2) is 9.69. The minimum atomic E-state index is -0.333. The first kappa shape index (κ1) is 23.1. The molecule has 2 N–H and O–H groups in total. The van der Waals surface area contributed by atoms with Crippen LogP contribution in [0, 0.1) is 0 Å². The fourth-order valence-electron chi connectivity index (χ4n) is 3.39. The van der Waals surface area contributed by atoms with Crippen molar-refractivity contribution in [2.45, 2.75) is 0 Å². The molecule has 3 aromatic rings. The van der Waals surface area contributed by atoms with E-state index in [1.54, 1.807) is 24.3 Å². The number of nitrogens with one attached hydrogen (secondary N) is 1. The molecule has 0 saturated heterocycles. The number of hydrogen-bond acceptors (Lipinski definition) is 9. The smallest absolute Gasteiger partial charge is 0.205 e. The van der Waals surface area contributed by atoms with Crippen LogP contribution >= 0.6 is 0 Å². The van der Waals surface area contributed by atoms with E-state index in [0.717, 1.165) is 0 Å². The molecule has 0 aliphatic rings. The van der Waals surface area contributed by atoms with E-state index in [2.05, 4.69) is 5.32 Å². The van der Waals surface area contributed by atoms with Crippen molar-refractivity contribution in [3.8, 4) is 28.7 Å². The van der Waals surface area contributed by atoms with Crippen molar-refractivity contribution in [1.82, 2.24) is 4.90 Å². The minimum Gasteiger partial charge on any atom is -0.502 e. The monoisotopic (exact) mass is 444 g/mol. The predicted molar refractivity (Wildman–Crippen MR) is 121 cm³/mol. The minimum absolute atomic E-state index is 0.160. The number of rotatable bonds is 10. The maximum Gasteiger partial charge on any atom is 0.205 e. The summed E-state index contributed by atoms with van der Waals surface area (Å²) in [6, 6.07) is 6.42.